The van der Waals surface area contributed by atoms with Crippen molar-refractivity contribution in [2.75, 3.05) is 11.1 Å². The Bertz CT molecular complexity index is 1740. The van der Waals surface area contributed by atoms with Crippen LogP contribution in [0.4, 0.5) is 21.5 Å². The van der Waals surface area contributed by atoms with Gasteiger partial charge in [-0.2, -0.15) is 4.39 Å². The van der Waals surface area contributed by atoms with E-state index in [1.54, 1.807) is 23.0 Å². The number of carbonyl (C=O) groups is 2. The van der Waals surface area contributed by atoms with Gasteiger partial charge in [0.1, 0.15) is 17.3 Å². The summed E-state index contributed by atoms with van der Waals surface area (Å²) in [4.78, 5) is 43.0. The Kier molecular flexibility index (Phi) is 9.05. The van der Waals surface area contributed by atoms with Gasteiger partial charge in [-0.25, -0.2) is 9.97 Å². The third kappa shape index (κ3) is 7.10. The number of halogens is 2. The second kappa shape index (κ2) is 12.7. The van der Waals surface area contributed by atoms with Crippen LogP contribution in [0, 0.1) is 15.9 Å². The third-order valence-corrected chi connectivity index (χ3v) is 7.05. The molecule has 1 atom stereocenters. The lowest BCUT2D eigenvalue weighted by Gasteiger charge is -2.11. The maximum absolute atomic E-state index is 12.8. The molecule has 5 rings (SSSR count). The van der Waals surface area contributed by atoms with Crippen LogP contribution in [0.5, 0.6) is 0 Å². The molecule has 3 N–H and O–H groups in total. The van der Waals surface area contributed by atoms with E-state index in [0.29, 0.717) is 22.2 Å². The number of nitrogen functional groups attached to an aromatic ring is 1. The molecule has 0 fully saturated rings. The molecular weight excluding hydrogens is 571 g/mol. The topological polar surface area (TPSA) is 146 Å². The molecule has 0 saturated heterocycles. The van der Waals surface area contributed by atoms with E-state index in [9.17, 15) is 24.1 Å². The van der Waals surface area contributed by atoms with Crippen LogP contribution in [0.25, 0.3) is 11.0 Å². The summed E-state index contributed by atoms with van der Waals surface area (Å²) in [6.45, 7) is 1.88. The molecule has 13 heteroatoms. The molecule has 2 heterocycles. The van der Waals surface area contributed by atoms with Crippen molar-refractivity contribution in [1.82, 2.24) is 14.5 Å². The van der Waals surface area contributed by atoms with Gasteiger partial charge in [0.15, 0.2) is 0 Å². The average Bonchev–Trinajstić information content (AvgIpc) is 3.57. The lowest BCUT2D eigenvalue weighted by atomic mass is 9.95. The number of nitrogens with one attached hydrogen (secondary N) is 1. The van der Waals surface area contributed by atoms with Crippen molar-refractivity contribution in [1.29, 1.82) is 0 Å². The summed E-state index contributed by atoms with van der Waals surface area (Å²) in [6, 6.07) is 16.1. The molecule has 0 radical (unpaired) electrons. The van der Waals surface area contributed by atoms with E-state index in [4.69, 9.17) is 17.3 Å². The fourth-order valence-corrected chi connectivity index (χ4v) is 4.67. The molecule has 0 bridgehead atoms. The van der Waals surface area contributed by atoms with Gasteiger partial charge >= 0.3 is 5.69 Å². The number of carbonyl (C=O) groups excluding carboxylic acids is 2. The van der Waals surface area contributed by atoms with Gasteiger partial charge in [0.05, 0.1) is 27.9 Å². The lowest BCUT2D eigenvalue weighted by molar-refractivity contribution is -0.387. The second-order valence-electron chi connectivity index (χ2n) is 9.01. The number of anilines is 2. The summed E-state index contributed by atoms with van der Waals surface area (Å²) >= 11 is 7.42. The van der Waals surface area contributed by atoms with Crippen LogP contribution < -0.4 is 11.1 Å². The Balaban J connectivity index is 0.000000296. The SMILES string of the molecule is CC(C(=O)Cc1nc2ccc(NC(=O)c3cscn3)cc2n1C)c1cccc(Cl)c1.Nc1ccc([N+](=O)[O-])c(F)c1. The van der Waals surface area contributed by atoms with Gasteiger partial charge in [-0.05, 0) is 42.0 Å². The maximum Gasteiger partial charge on any atom is 0.304 e. The second-order valence-corrected chi connectivity index (χ2v) is 10.2. The molecule has 2 aromatic heterocycles. The van der Waals surface area contributed by atoms with Crippen LogP contribution in [0.2, 0.25) is 5.02 Å². The van der Waals surface area contributed by atoms with Gasteiger partial charge in [-0.1, -0.05) is 30.7 Å². The average molecular weight is 595 g/mol. The number of ketones is 1. The zero-order chi connectivity index (χ0) is 29.7. The largest absolute Gasteiger partial charge is 0.399 e. The van der Waals surface area contributed by atoms with Crippen molar-refractivity contribution >= 4 is 62.7 Å². The van der Waals surface area contributed by atoms with Gasteiger partial charge < -0.3 is 15.6 Å². The Hall–Kier alpha value is -4.68. The molecular formula is C28H24ClFN6O4S. The Morgan fingerprint density at radius 2 is 1.98 bits per heavy atom. The number of fused-ring (bicyclic) bond motifs is 1. The highest BCUT2D eigenvalue weighted by molar-refractivity contribution is 7.07. The van der Waals surface area contributed by atoms with E-state index in [-0.39, 0.29) is 29.7 Å². The van der Waals surface area contributed by atoms with Crippen LogP contribution in [0.1, 0.15) is 34.7 Å². The van der Waals surface area contributed by atoms with Crippen LogP contribution in [0.3, 0.4) is 0 Å². The number of hydrogen-bond acceptors (Lipinski definition) is 8. The number of amides is 1. The van der Waals surface area contributed by atoms with E-state index in [2.05, 4.69) is 15.3 Å². The molecule has 0 spiro atoms. The third-order valence-electron chi connectivity index (χ3n) is 6.23. The molecule has 41 heavy (non-hydrogen) atoms. The molecule has 10 nitrogen and oxygen atoms in total. The van der Waals surface area contributed by atoms with E-state index >= 15 is 0 Å². The first-order valence-corrected chi connectivity index (χ1v) is 13.5. The number of thiazole rings is 1. The van der Waals surface area contributed by atoms with Crippen LogP contribution >= 0.6 is 22.9 Å². The quantitative estimate of drug-likeness (QED) is 0.130. The summed E-state index contributed by atoms with van der Waals surface area (Å²) in [7, 11) is 1.87. The van der Waals surface area contributed by atoms with E-state index in [0.717, 1.165) is 28.7 Å². The van der Waals surface area contributed by atoms with E-state index < -0.39 is 16.4 Å². The monoisotopic (exact) mass is 594 g/mol. The number of nitrogens with zero attached hydrogens (tertiary/aromatic N) is 4. The molecule has 1 unspecified atom stereocenters. The first-order chi connectivity index (χ1) is 19.5. The minimum absolute atomic E-state index is 0.0627. The summed E-state index contributed by atoms with van der Waals surface area (Å²) in [5.74, 6) is -0.713. The molecule has 0 aliphatic carbocycles. The Morgan fingerprint density at radius 1 is 1.20 bits per heavy atom. The van der Waals surface area contributed by atoms with Crippen LogP contribution in [-0.2, 0) is 18.3 Å². The number of rotatable bonds is 7. The first-order valence-electron chi connectivity index (χ1n) is 12.2. The minimum Gasteiger partial charge on any atom is -0.399 e. The van der Waals surface area contributed by atoms with Gasteiger partial charge in [-0.15, -0.1) is 11.3 Å². The Labute approximate surface area is 242 Å². The minimum atomic E-state index is -0.907. The normalized spacial score (nSPS) is 11.4. The number of nitro groups is 1. The number of benzene rings is 3. The van der Waals surface area contributed by atoms with Crippen molar-refractivity contribution in [3.8, 4) is 0 Å². The number of hydrogen-bond donors (Lipinski definition) is 2. The van der Waals surface area contributed by atoms with Crippen molar-refractivity contribution < 1.29 is 18.9 Å². The summed E-state index contributed by atoms with van der Waals surface area (Å²) in [6.07, 6.45) is 0.208. The number of Topliss-reactive ketones (excluding diaryl/α,β-unsaturated/α-hetero) is 1. The fourth-order valence-electron chi connectivity index (χ4n) is 3.94. The highest BCUT2D eigenvalue weighted by Crippen LogP contribution is 2.24. The maximum atomic E-state index is 12.8. The number of aryl methyl sites for hydroxylation is 1. The Morgan fingerprint density at radius 3 is 2.63 bits per heavy atom. The van der Waals surface area contributed by atoms with Crippen molar-refractivity contribution in [3.63, 3.8) is 0 Å². The molecule has 5 aromatic rings. The standard InChI is InChI=1S/C22H19ClN4O2S.C6H5FN2O2/c1-13(14-4-3-5-15(23)8-14)20(28)10-21-26-17-7-6-16(9-19(17)27(21)2)25-22(29)18-11-30-12-24-18;7-5-3-4(8)1-2-6(5)9(10)11/h3-9,11-13H,10H2,1-2H3,(H,25,29);1-3H,8H2. The first kappa shape index (κ1) is 29.3. The van der Waals surface area contributed by atoms with Gasteiger partial charge in [0.25, 0.3) is 5.91 Å². The summed E-state index contributed by atoms with van der Waals surface area (Å²) < 4.78 is 14.5. The number of nitrogens with two attached hydrogens (primary N) is 1. The number of aromatic nitrogens is 3. The highest BCUT2D eigenvalue weighted by atomic mass is 35.5. The molecule has 0 saturated carbocycles. The van der Waals surface area contributed by atoms with Crippen molar-refractivity contribution in [2.24, 2.45) is 7.05 Å². The predicted octanol–water partition coefficient (Wildman–Crippen LogP) is 6.17. The van der Waals surface area contributed by atoms with E-state index in [1.807, 2.05) is 48.9 Å². The van der Waals surface area contributed by atoms with Gasteiger partial charge in [0.2, 0.25) is 5.82 Å². The molecule has 3 aromatic carbocycles. The fraction of sp³-hybridized carbons (Fsp3) is 0.143. The smallest absolute Gasteiger partial charge is 0.304 e. The molecule has 1 amide bonds. The van der Waals surface area contributed by atoms with E-state index in [1.165, 1.54) is 17.4 Å². The van der Waals surface area contributed by atoms with Gasteiger partial charge in [0, 0.05) is 46.9 Å². The van der Waals surface area contributed by atoms with Crippen LogP contribution in [0.15, 0.2) is 71.6 Å². The zero-order valence-electron chi connectivity index (χ0n) is 21.9. The van der Waals surface area contributed by atoms with Crippen molar-refractivity contribution in [3.05, 3.63) is 110 Å². The molecule has 0 aliphatic rings. The lowest BCUT2D eigenvalue weighted by Crippen LogP contribution is -2.14. The van der Waals surface area contributed by atoms with Gasteiger partial charge in [-0.3, -0.25) is 19.7 Å². The zero-order valence-corrected chi connectivity index (χ0v) is 23.4. The summed E-state index contributed by atoms with van der Waals surface area (Å²) in [5, 5.41) is 15.2. The van der Waals surface area contributed by atoms with Crippen molar-refractivity contribution in [2.45, 2.75) is 19.3 Å². The highest BCUT2D eigenvalue weighted by Gasteiger charge is 2.20. The predicted molar refractivity (Wildman–Crippen MR) is 157 cm³/mol. The number of nitro benzene ring substituents is 1. The summed E-state index contributed by atoms with van der Waals surface area (Å²) in [5.41, 5.74) is 9.92. The number of imidazole rings is 1. The molecule has 0 aliphatic heterocycles. The van der Waals surface area contributed by atoms with Crippen LogP contribution in [-0.4, -0.2) is 31.1 Å². The molecule has 210 valence electrons.